The van der Waals surface area contributed by atoms with Crippen LogP contribution in [0.2, 0.25) is 0 Å². The average Bonchev–Trinajstić information content (AvgIpc) is 2.38. The molecule has 4 nitrogen and oxygen atoms in total. The van der Waals surface area contributed by atoms with Gasteiger partial charge in [-0.05, 0) is 24.1 Å². The first-order valence-electron chi connectivity index (χ1n) is 6.76. The van der Waals surface area contributed by atoms with E-state index in [4.69, 9.17) is 5.11 Å². The zero-order valence-corrected chi connectivity index (χ0v) is 12.8. The summed E-state index contributed by atoms with van der Waals surface area (Å²) < 4.78 is 13.4. The van der Waals surface area contributed by atoms with Gasteiger partial charge in [0, 0.05) is 17.6 Å². The van der Waals surface area contributed by atoms with Gasteiger partial charge < -0.3 is 5.11 Å². The van der Waals surface area contributed by atoms with Crippen molar-refractivity contribution in [3.05, 3.63) is 29.8 Å². The Hall–Kier alpha value is -1.69. The van der Waals surface area contributed by atoms with Crippen molar-refractivity contribution >= 4 is 28.6 Å². The lowest BCUT2D eigenvalue weighted by molar-refractivity contribution is -0.136. The molecule has 0 saturated carbocycles. The minimum Gasteiger partial charge on any atom is -0.481 e. The number of rotatable bonds is 6. The molecule has 2 rings (SSSR count). The Morgan fingerprint density at radius 1 is 1.38 bits per heavy atom. The molecule has 1 aromatic carbocycles. The third-order valence-electron chi connectivity index (χ3n) is 2.81. The summed E-state index contributed by atoms with van der Waals surface area (Å²) in [4.78, 5) is 19.5. The lowest BCUT2D eigenvalue weighted by atomic mass is 10.1. The standard InChI is InChI=1S/C15H17FN2O2S/c1-9(2)7-13-17-12-4-3-10(16)8-11(12)15(18-13)21-6-5-14(19)20/h3-4,8-9H,5-7H2,1-2H3,(H,19,20). The number of carboxylic acids is 1. The topological polar surface area (TPSA) is 63.1 Å². The molecule has 2 aromatic rings. The summed E-state index contributed by atoms with van der Waals surface area (Å²) in [7, 11) is 0. The summed E-state index contributed by atoms with van der Waals surface area (Å²) in [5.74, 6) is 0.331. The zero-order chi connectivity index (χ0) is 15.4. The predicted molar refractivity (Wildman–Crippen MR) is 81.0 cm³/mol. The molecule has 1 N–H and O–H groups in total. The van der Waals surface area contributed by atoms with E-state index in [-0.39, 0.29) is 12.2 Å². The molecular formula is C15H17FN2O2S. The van der Waals surface area contributed by atoms with Gasteiger partial charge in [-0.3, -0.25) is 4.79 Å². The highest BCUT2D eigenvalue weighted by molar-refractivity contribution is 7.99. The molecule has 0 bridgehead atoms. The zero-order valence-electron chi connectivity index (χ0n) is 12.0. The van der Waals surface area contributed by atoms with Crippen LogP contribution < -0.4 is 0 Å². The summed E-state index contributed by atoms with van der Waals surface area (Å²) in [5, 5.41) is 10.0. The largest absolute Gasteiger partial charge is 0.481 e. The van der Waals surface area contributed by atoms with E-state index in [1.807, 2.05) is 0 Å². The molecule has 0 spiro atoms. The number of hydrogen-bond donors (Lipinski definition) is 1. The van der Waals surface area contributed by atoms with Crippen LogP contribution in [0.5, 0.6) is 0 Å². The molecule has 0 amide bonds. The minimum absolute atomic E-state index is 0.0466. The molecule has 0 atom stereocenters. The molecule has 0 fully saturated rings. The quantitative estimate of drug-likeness (QED) is 0.653. The SMILES string of the molecule is CC(C)Cc1nc(SCCC(=O)O)c2cc(F)ccc2n1. The summed E-state index contributed by atoms with van der Waals surface area (Å²) in [6, 6.07) is 4.41. The van der Waals surface area contributed by atoms with E-state index < -0.39 is 5.97 Å². The second-order valence-electron chi connectivity index (χ2n) is 5.20. The van der Waals surface area contributed by atoms with E-state index in [1.165, 1.54) is 23.9 Å². The third-order valence-corrected chi connectivity index (χ3v) is 3.81. The normalized spacial score (nSPS) is 11.2. The summed E-state index contributed by atoms with van der Waals surface area (Å²) in [5.41, 5.74) is 0.694. The monoisotopic (exact) mass is 308 g/mol. The molecule has 1 heterocycles. The van der Waals surface area contributed by atoms with Crippen LogP contribution in [0.3, 0.4) is 0 Å². The van der Waals surface area contributed by atoms with E-state index in [9.17, 15) is 9.18 Å². The van der Waals surface area contributed by atoms with Gasteiger partial charge in [0.15, 0.2) is 0 Å². The van der Waals surface area contributed by atoms with Gasteiger partial charge in [0.2, 0.25) is 0 Å². The van der Waals surface area contributed by atoms with E-state index >= 15 is 0 Å². The highest BCUT2D eigenvalue weighted by Gasteiger charge is 2.11. The second-order valence-corrected chi connectivity index (χ2v) is 6.28. The Labute approximate surface area is 126 Å². The third kappa shape index (κ3) is 4.39. The van der Waals surface area contributed by atoms with Crippen molar-refractivity contribution in [3.8, 4) is 0 Å². The van der Waals surface area contributed by atoms with Crippen molar-refractivity contribution in [1.82, 2.24) is 9.97 Å². The predicted octanol–water partition coefficient (Wildman–Crippen LogP) is 3.53. The lowest BCUT2D eigenvalue weighted by Gasteiger charge is -2.09. The van der Waals surface area contributed by atoms with Gasteiger partial charge in [-0.15, -0.1) is 11.8 Å². The molecule has 1 aromatic heterocycles. The van der Waals surface area contributed by atoms with E-state index in [1.54, 1.807) is 6.07 Å². The molecule has 0 saturated heterocycles. The van der Waals surface area contributed by atoms with E-state index in [2.05, 4.69) is 23.8 Å². The van der Waals surface area contributed by atoms with Crippen molar-refractivity contribution in [2.75, 3.05) is 5.75 Å². The second kappa shape index (κ2) is 6.85. The molecule has 0 radical (unpaired) electrons. The fraction of sp³-hybridized carbons (Fsp3) is 0.400. The Kier molecular flexibility index (Phi) is 5.12. The molecular weight excluding hydrogens is 291 g/mol. The fourth-order valence-corrected chi connectivity index (χ4v) is 2.88. The molecule has 21 heavy (non-hydrogen) atoms. The molecule has 0 aliphatic heterocycles. The van der Waals surface area contributed by atoms with Gasteiger partial charge in [0.1, 0.15) is 16.7 Å². The molecule has 0 aliphatic rings. The average molecular weight is 308 g/mol. The Bertz CT molecular complexity index is 661. The smallest absolute Gasteiger partial charge is 0.304 e. The van der Waals surface area contributed by atoms with Crippen LogP contribution >= 0.6 is 11.8 Å². The van der Waals surface area contributed by atoms with Crippen molar-refractivity contribution < 1.29 is 14.3 Å². The maximum atomic E-state index is 13.4. The number of aliphatic carboxylic acids is 1. The van der Waals surface area contributed by atoms with Crippen LogP contribution in [0.25, 0.3) is 10.9 Å². The number of halogens is 1. The van der Waals surface area contributed by atoms with Crippen molar-refractivity contribution in [1.29, 1.82) is 0 Å². The minimum atomic E-state index is -0.852. The Balaban J connectivity index is 2.37. The highest BCUT2D eigenvalue weighted by Crippen LogP contribution is 2.27. The molecule has 0 unspecified atom stereocenters. The number of nitrogens with zero attached hydrogens (tertiary/aromatic N) is 2. The molecule has 112 valence electrons. The lowest BCUT2D eigenvalue weighted by Crippen LogP contribution is -2.03. The van der Waals surface area contributed by atoms with Crippen LogP contribution in [0.1, 0.15) is 26.1 Å². The van der Waals surface area contributed by atoms with Gasteiger partial charge >= 0.3 is 5.97 Å². The van der Waals surface area contributed by atoms with Crippen molar-refractivity contribution in [2.45, 2.75) is 31.7 Å². The first-order valence-corrected chi connectivity index (χ1v) is 7.75. The van der Waals surface area contributed by atoms with Gasteiger partial charge in [-0.2, -0.15) is 0 Å². The van der Waals surface area contributed by atoms with E-state index in [0.29, 0.717) is 33.4 Å². The summed E-state index contributed by atoms with van der Waals surface area (Å²) in [6.07, 6.45) is 0.783. The summed E-state index contributed by atoms with van der Waals surface area (Å²) in [6.45, 7) is 4.16. The number of aromatic nitrogens is 2. The number of thioether (sulfide) groups is 1. The number of carbonyl (C=O) groups is 1. The van der Waals surface area contributed by atoms with Crippen LogP contribution in [-0.4, -0.2) is 26.8 Å². The number of carboxylic acid groups (broad SMARTS) is 1. The summed E-state index contributed by atoms with van der Waals surface area (Å²) >= 11 is 1.33. The van der Waals surface area contributed by atoms with Crippen LogP contribution in [0.15, 0.2) is 23.2 Å². The van der Waals surface area contributed by atoms with Crippen molar-refractivity contribution in [2.24, 2.45) is 5.92 Å². The maximum absolute atomic E-state index is 13.4. The fourth-order valence-electron chi connectivity index (χ4n) is 1.92. The molecule has 6 heteroatoms. The first kappa shape index (κ1) is 15.7. The Morgan fingerprint density at radius 3 is 2.81 bits per heavy atom. The van der Waals surface area contributed by atoms with Gasteiger partial charge in [-0.1, -0.05) is 13.8 Å². The Morgan fingerprint density at radius 2 is 2.14 bits per heavy atom. The van der Waals surface area contributed by atoms with Crippen LogP contribution in [0.4, 0.5) is 4.39 Å². The number of fused-ring (bicyclic) bond motifs is 1. The first-order chi connectivity index (χ1) is 9.95. The number of benzene rings is 1. The van der Waals surface area contributed by atoms with Gasteiger partial charge in [-0.25, -0.2) is 14.4 Å². The molecule has 0 aliphatic carbocycles. The number of hydrogen-bond acceptors (Lipinski definition) is 4. The van der Waals surface area contributed by atoms with Crippen LogP contribution in [0, 0.1) is 11.7 Å². The van der Waals surface area contributed by atoms with Crippen molar-refractivity contribution in [3.63, 3.8) is 0 Å². The van der Waals surface area contributed by atoms with Gasteiger partial charge in [0.25, 0.3) is 0 Å². The highest BCUT2D eigenvalue weighted by atomic mass is 32.2. The van der Waals surface area contributed by atoms with Gasteiger partial charge in [0.05, 0.1) is 11.9 Å². The maximum Gasteiger partial charge on any atom is 0.304 e. The van der Waals surface area contributed by atoms with Crippen LogP contribution in [-0.2, 0) is 11.2 Å². The van der Waals surface area contributed by atoms with E-state index in [0.717, 1.165) is 6.42 Å².